The van der Waals surface area contributed by atoms with E-state index in [-0.39, 0.29) is 11.3 Å². The maximum atomic E-state index is 10.8. The van der Waals surface area contributed by atoms with Crippen LogP contribution < -0.4 is 0 Å². The molecule has 0 atom stereocenters. The van der Waals surface area contributed by atoms with Gasteiger partial charge in [0.15, 0.2) is 0 Å². The smallest absolute Gasteiger partial charge is 0.275 e. The maximum Gasteiger partial charge on any atom is 0.275 e. The summed E-state index contributed by atoms with van der Waals surface area (Å²) in [6, 6.07) is 2.83. The number of halogens is 1. The molecule has 0 unspecified atom stereocenters. The predicted molar refractivity (Wildman–Crippen MR) is 52.8 cm³/mol. The molecule has 0 amide bonds. The Hall–Kier alpha value is -1.42. The zero-order valence-corrected chi connectivity index (χ0v) is 8.46. The minimum absolute atomic E-state index is 0.0340. The number of nitro benzene ring substituents is 1. The Labute approximate surface area is 85.6 Å². The van der Waals surface area contributed by atoms with Crippen LogP contribution in [0.1, 0.15) is 21.5 Å². The Bertz CT molecular complexity index is 392. The van der Waals surface area contributed by atoms with Gasteiger partial charge in [-0.3, -0.25) is 14.9 Å². The zero-order chi connectivity index (χ0) is 10.9. The molecule has 0 saturated carbocycles. The van der Waals surface area contributed by atoms with E-state index in [1.807, 2.05) is 0 Å². The van der Waals surface area contributed by atoms with Gasteiger partial charge < -0.3 is 0 Å². The Morgan fingerprint density at radius 2 is 1.79 bits per heavy atom. The van der Waals surface area contributed by atoms with Crippen LogP contribution in [-0.4, -0.2) is 10.2 Å². The summed E-state index contributed by atoms with van der Waals surface area (Å²) in [6.45, 7) is 3.16. The van der Waals surface area contributed by atoms with Crippen LogP contribution in [0.15, 0.2) is 12.1 Å². The van der Waals surface area contributed by atoms with Gasteiger partial charge in [-0.15, -0.1) is 0 Å². The van der Waals surface area contributed by atoms with Crippen molar-refractivity contribution in [1.29, 1.82) is 0 Å². The third-order valence-corrected chi connectivity index (χ3v) is 2.12. The molecular weight excluding hydrogens is 206 g/mol. The van der Waals surface area contributed by atoms with Gasteiger partial charge in [-0.25, -0.2) is 0 Å². The molecule has 0 aliphatic heterocycles. The van der Waals surface area contributed by atoms with Crippen molar-refractivity contribution in [3.8, 4) is 0 Å². The van der Waals surface area contributed by atoms with Crippen molar-refractivity contribution in [3.63, 3.8) is 0 Å². The highest BCUT2D eigenvalue weighted by Gasteiger charge is 2.16. The molecule has 0 fully saturated rings. The van der Waals surface area contributed by atoms with Gasteiger partial charge in [-0.1, -0.05) is 0 Å². The highest BCUT2D eigenvalue weighted by atomic mass is 35.5. The molecule has 1 rings (SSSR count). The summed E-state index contributed by atoms with van der Waals surface area (Å²) >= 11 is 5.27. The van der Waals surface area contributed by atoms with Crippen LogP contribution in [0.3, 0.4) is 0 Å². The largest absolute Gasteiger partial charge is 0.276 e. The van der Waals surface area contributed by atoms with Crippen LogP contribution in [0.4, 0.5) is 5.69 Å². The molecule has 0 aliphatic carbocycles. The molecule has 0 saturated heterocycles. The molecule has 0 heterocycles. The third-order valence-electron chi connectivity index (χ3n) is 1.90. The lowest BCUT2D eigenvalue weighted by molar-refractivity contribution is -0.386. The first-order valence-corrected chi connectivity index (χ1v) is 4.26. The van der Waals surface area contributed by atoms with Crippen LogP contribution in [-0.2, 0) is 0 Å². The quantitative estimate of drug-likeness (QED) is 0.431. The summed E-state index contributed by atoms with van der Waals surface area (Å²) in [4.78, 5) is 21.0. The summed E-state index contributed by atoms with van der Waals surface area (Å²) in [7, 11) is 0. The van der Waals surface area contributed by atoms with Crippen LogP contribution in [0.5, 0.6) is 0 Å². The van der Waals surface area contributed by atoms with Crippen molar-refractivity contribution in [1.82, 2.24) is 0 Å². The molecule has 5 heteroatoms. The van der Waals surface area contributed by atoms with Crippen molar-refractivity contribution in [2.45, 2.75) is 13.8 Å². The lowest BCUT2D eigenvalue weighted by Gasteiger charge is -2.02. The van der Waals surface area contributed by atoms with Gasteiger partial charge >= 0.3 is 0 Å². The predicted octanol–water partition coefficient (Wildman–Crippen LogP) is 2.59. The van der Waals surface area contributed by atoms with Crippen LogP contribution >= 0.6 is 11.6 Å². The SMILES string of the molecule is Cc1cc(C(=O)Cl)cc(C)c1[N+](=O)[O-]. The second kappa shape index (κ2) is 3.75. The van der Waals surface area contributed by atoms with E-state index in [1.165, 1.54) is 12.1 Å². The highest BCUT2D eigenvalue weighted by molar-refractivity contribution is 6.67. The van der Waals surface area contributed by atoms with Gasteiger partial charge in [0.25, 0.3) is 10.9 Å². The number of benzene rings is 1. The first kappa shape index (κ1) is 10.7. The van der Waals surface area contributed by atoms with Gasteiger partial charge in [-0.2, -0.15) is 0 Å². The maximum absolute atomic E-state index is 10.8. The molecule has 0 N–H and O–H groups in total. The lowest BCUT2D eigenvalue weighted by atomic mass is 10.1. The van der Waals surface area contributed by atoms with Crippen LogP contribution in [0, 0.1) is 24.0 Å². The van der Waals surface area contributed by atoms with Crippen molar-refractivity contribution >= 4 is 22.5 Å². The number of hydrogen-bond acceptors (Lipinski definition) is 3. The monoisotopic (exact) mass is 213 g/mol. The summed E-state index contributed by atoms with van der Waals surface area (Å²) in [5.74, 6) is 0. The summed E-state index contributed by atoms with van der Waals surface area (Å²) in [5, 5.41) is 10.0. The number of carbonyl (C=O) groups is 1. The normalized spacial score (nSPS) is 9.93. The zero-order valence-electron chi connectivity index (χ0n) is 7.70. The van der Waals surface area contributed by atoms with Crippen LogP contribution in [0.25, 0.3) is 0 Å². The summed E-state index contributed by atoms with van der Waals surface area (Å²) in [6.07, 6.45) is 0. The molecule has 14 heavy (non-hydrogen) atoms. The third kappa shape index (κ3) is 1.90. The van der Waals surface area contributed by atoms with E-state index in [0.29, 0.717) is 11.1 Å². The fourth-order valence-corrected chi connectivity index (χ4v) is 1.47. The molecule has 1 aromatic carbocycles. The topological polar surface area (TPSA) is 60.2 Å². The number of nitro groups is 1. The van der Waals surface area contributed by atoms with E-state index in [2.05, 4.69) is 0 Å². The second-order valence-electron chi connectivity index (χ2n) is 2.99. The van der Waals surface area contributed by atoms with E-state index in [4.69, 9.17) is 11.6 Å². The molecule has 0 spiro atoms. The molecule has 1 aromatic rings. The molecule has 0 radical (unpaired) electrons. The molecule has 0 aliphatic rings. The number of rotatable bonds is 2. The van der Waals surface area contributed by atoms with E-state index in [0.717, 1.165) is 0 Å². The minimum atomic E-state index is -0.605. The Morgan fingerprint density at radius 3 is 2.07 bits per heavy atom. The summed E-state index contributed by atoms with van der Waals surface area (Å²) < 4.78 is 0. The Kier molecular flexibility index (Phi) is 2.86. The van der Waals surface area contributed by atoms with Crippen molar-refractivity contribution in [2.24, 2.45) is 0 Å². The molecule has 0 aromatic heterocycles. The number of aryl methyl sites for hydroxylation is 2. The second-order valence-corrected chi connectivity index (χ2v) is 3.33. The average molecular weight is 214 g/mol. The van der Waals surface area contributed by atoms with E-state index in [1.54, 1.807) is 13.8 Å². The van der Waals surface area contributed by atoms with Crippen molar-refractivity contribution in [3.05, 3.63) is 38.9 Å². The van der Waals surface area contributed by atoms with Crippen LogP contribution in [0.2, 0.25) is 0 Å². The van der Waals surface area contributed by atoms with Gasteiger partial charge in [0.2, 0.25) is 0 Å². The van der Waals surface area contributed by atoms with Gasteiger partial charge in [-0.05, 0) is 37.6 Å². The Morgan fingerprint density at radius 1 is 1.36 bits per heavy atom. The first-order valence-electron chi connectivity index (χ1n) is 3.89. The van der Waals surface area contributed by atoms with Gasteiger partial charge in [0.05, 0.1) is 4.92 Å². The highest BCUT2D eigenvalue weighted by Crippen LogP contribution is 2.24. The van der Waals surface area contributed by atoms with Crippen molar-refractivity contribution < 1.29 is 9.72 Å². The molecule has 74 valence electrons. The lowest BCUT2D eigenvalue weighted by Crippen LogP contribution is -1.98. The first-order chi connectivity index (χ1) is 6.43. The average Bonchev–Trinajstić information content (AvgIpc) is 2.01. The molecule has 4 nitrogen and oxygen atoms in total. The van der Waals surface area contributed by atoms with Gasteiger partial charge in [0.1, 0.15) is 0 Å². The fourth-order valence-electron chi connectivity index (χ4n) is 1.36. The van der Waals surface area contributed by atoms with E-state index >= 15 is 0 Å². The Balaban J connectivity index is 3.39. The van der Waals surface area contributed by atoms with E-state index in [9.17, 15) is 14.9 Å². The standard InChI is InChI=1S/C9H8ClNO3/c1-5-3-7(9(10)12)4-6(2)8(5)11(13)14/h3-4H,1-2H3. The number of hydrogen-bond donors (Lipinski definition) is 0. The minimum Gasteiger partial charge on any atom is -0.276 e. The molecular formula is C9H8ClNO3. The fraction of sp³-hybridized carbons (Fsp3) is 0.222. The number of nitrogens with zero attached hydrogens (tertiary/aromatic N) is 1. The van der Waals surface area contributed by atoms with Crippen molar-refractivity contribution in [2.75, 3.05) is 0 Å². The summed E-state index contributed by atoms with van der Waals surface area (Å²) in [5.41, 5.74) is 1.21. The number of carbonyl (C=O) groups excluding carboxylic acids is 1. The molecule has 0 bridgehead atoms. The van der Waals surface area contributed by atoms with Gasteiger partial charge in [0, 0.05) is 16.7 Å². The van der Waals surface area contributed by atoms with E-state index < -0.39 is 10.2 Å².